The van der Waals surface area contributed by atoms with E-state index in [-0.39, 0.29) is 22.8 Å². The van der Waals surface area contributed by atoms with Crippen LogP contribution in [0, 0.1) is 6.92 Å². The standard InChI is InChI=1S/C15H17N2O3.BrH/c1-11-16(2)5-6-17(11)10-13(18)12-3-4-14-15(9-12)20-8-7-19-14;/h3-6,9H,7-8,10H2,1-2H3;1H/q+1;/p-1. The summed E-state index contributed by atoms with van der Waals surface area (Å²) < 4.78 is 14.9. The molecule has 0 aliphatic carbocycles. The molecule has 1 aliphatic heterocycles. The smallest absolute Gasteiger partial charge is 0.253 e. The van der Waals surface area contributed by atoms with Crippen molar-refractivity contribution in [3.05, 3.63) is 42.0 Å². The zero-order valence-electron chi connectivity index (χ0n) is 12.0. The molecule has 112 valence electrons. The molecule has 0 bridgehead atoms. The number of rotatable bonds is 3. The molecule has 2 heterocycles. The Bertz CT molecular complexity index is 667. The zero-order valence-corrected chi connectivity index (χ0v) is 13.6. The molecule has 0 unspecified atom stereocenters. The highest BCUT2D eigenvalue weighted by molar-refractivity contribution is 5.96. The third-order valence-corrected chi connectivity index (χ3v) is 3.57. The first-order valence-electron chi connectivity index (χ1n) is 6.59. The van der Waals surface area contributed by atoms with Crippen LogP contribution in [0.3, 0.4) is 0 Å². The highest BCUT2D eigenvalue weighted by Gasteiger charge is 2.18. The molecule has 0 saturated heterocycles. The van der Waals surface area contributed by atoms with Gasteiger partial charge in [-0.05, 0) is 18.2 Å². The minimum Gasteiger partial charge on any atom is -1.00 e. The maximum atomic E-state index is 12.3. The molecule has 0 N–H and O–H groups in total. The summed E-state index contributed by atoms with van der Waals surface area (Å²) in [6.45, 7) is 3.39. The normalized spacial score (nSPS) is 12.7. The van der Waals surface area contributed by atoms with E-state index < -0.39 is 0 Å². The van der Waals surface area contributed by atoms with Crippen LogP contribution in [0.1, 0.15) is 16.2 Å². The highest BCUT2D eigenvalue weighted by atomic mass is 79.9. The van der Waals surface area contributed by atoms with Gasteiger partial charge in [0.2, 0.25) is 5.78 Å². The maximum Gasteiger partial charge on any atom is 0.253 e. The number of ether oxygens (including phenoxy) is 2. The van der Waals surface area contributed by atoms with Gasteiger partial charge in [-0.2, -0.15) is 0 Å². The molecule has 0 radical (unpaired) electrons. The Morgan fingerprint density at radius 2 is 2.00 bits per heavy atom. The van der Waals surface area contributed by atoms with E-state index in [1.54, 1.807) is 18.2 Å². The van der Waals surface area contributed by atoms with E-state index >= 15 is 0 Å². The summed E-state index contributed by atoms with van der Waals surface area (Å²) >= 11 is 0. The quantitative estimate of drug-likeness (QED) is 0.487. The predicted octanol–water partition coefficient (Wildman–Crippen LogP) is -1.72. The van der Waals surface area contributed by atoms with E-state index in [1.807, 2.05) is 35.5 Å². The molecular weight excluding hydrogens is 336 g/mol. The molecular formula is C15H17BrN2O3. The van der Waals surface area contributed by atoms with Gasteiger partial charge in [0, 0.05) is 12.5 Å². The Kier molecular flexibility index (Phi) is 4.67. The monoisotopic (exact) mass is 352 g/mol. The first kappa shape index (κ1) is 15.6. The van der Waals surface area contributed by atoms with Crippen LogP contribution in [0.2, 0.25) is 0 Å². The SMILES string of the molecule is Cc1n(CC(=O)c2ccc3c(c2)OCCO3)cc[n+]1C.[Br-]. The molecule has 6 heteroatoms. The van der Waals surface area contributed by atoms with Crippen molar-refractivity contribution >= 4 is 5.78 Å². The highest BCUT2D eigenvalue weighted by Crippen LogP contribution is 2.30. The number of hydrogen-bond acceptors (Lipinski definition) is 3. The molecule has 1 aliphatic rings. The number of imidazole rings is 1. The summed E-state index contributed by atoms with van der Waals surface area (Å²) in [6.07, 6.45) is 3.84. The average molecular weight is 353 g/mol. The summed E-state index contributed by atoms with van der Waals surface area (Å²) in [5.74, 6) is 2.45. The lowest BCUT2D eigenvalue weighted by Crippen LogP contribution is -3.00. The Labute approximate surface area is 133 Å². The maximum absolute atomic E-state index is 12.3. The number of fused-ring (bicyclic) bond motifs is 1. The fourth-order valence-electron chi connectivity index (χ4n) is 2.23. The van der Waals surface area contributed by atoms with E-state index in [1.165, 1.54) is 0 Å². The number of nitrogens with zero attached hydrogens (tertiary/aromatic N) is 2. The second-order valence-corrected chi connectivity index (χ2v) is 4.87. The minimum atomic E-state index is 0. The lowest BCUT2D eigenvalue weighted by atomic mass is 10.1. The second kappa shape index (κ2) is 6.30. The molecule has 0 fully saturated rings. The van der Waals surface area contributed by atoms with Gasteiger partial charge in [-0.15, -0.1) is 0 Å². The van der Waals surface area contributed by atoms with E-state index in [9.17, 15) is 4.79 Å². The largest absolute Gasteiger partial charge is 1.00 e. The van der Waals surface area contributed by atoms with E-state index in [4.69, 9.17) is 9.47 Å². The molecule has 0 saturated carbocycles. The molecule has 21 heavy (non-hydrogen) atoms. The van der Waals surface area contributed by atoms with Crippen molar-refractivity contribution < 1.29 is 35.8 Å². The van der Waals surface area contributed by atoms with Crippen molar-refractivity contribution in [3.8, 4) is 11.5 Å². The van der Waals surface area contributed by atoms with Crippen LogP contribution in [-0.4, -0.2) is 23.6 Å². The Balaban J connectivity index is 0.00000161. The lowest BCUT2D eigenvalue weighted by Gasteiger charge is -2.18. The fourth-order valence-corrected chi connectivity index (χ4v) is 2.23. The Morgan fingerprint density at radius 3 is 2.67 bits per heavy atom. The summed E-state index contributed by atoms with van der Waals surface area (Å²) in [7, 11) is 1.96. The van der Waals surface area contributed by atoms with Gasteiger partial charge in [0.05, 0.1) is 7.05 Å². The summed E-state index contributed by atoms with van der Waals surface area (Å²) in [5, 5.41) is 0. The molecule has 0 spiro atoms. The lowest BCUT2D eigenvalue weighted by molar-refractivity contribution is -0.677. The zero-order chi connectivity index (χ0) is 14.1. The fraction of sp³-hybridized carbons (Fsp3) is 0.333. The minimum absolute atomic E-state index is 0. The molecule has 0 atom stereocenters. The van der Waals surface area contributed by atoms with Gasteiger partial charge in [0.25, 0.3) is 5.82 Å². The van der Waals surface area contributed by atoms with Crippen LogP contribution in [0.5, 0.6) is 11.5 Å². The van der Waals surface area contributed by atoms with E-state index in [2.05, 4.69) is 0 Å². The van der Waals surface area contributed by atoms with Crippen LogP contribution < -0.4 is 31.0 Å². The molecule has 5 nitrogen and oxygen atoms in total. The average Bonchev–Trinajstić information content (AvgIpc) is 2.78. The van der Waals surface area contributed by atoms with Crippen molar-refractivity contribution in [1.29, 1.82) is 0 Å². The van der Waals surface area contributed by atoms with Crippen molar-refractivity contribution in [2.24, 2.45) is 7.05 Å². The molecule has 0 amide bonds. The van der Waals surface area contributed by atoms with Crippen LogP contribution in [0.4, 0.5) is 0 Å². The topological polar surface area (TPSA) is 44.3 Å². The third-order valence-electron chi connectivity index (χ3n) is 3.57. The number of ketones is 1. The summed E-state index contributed by atoms with van der Waals surface area (Å²) in [6, 6.07) is 5.34. The number of carbonyl (C=O) groups excluding carboxylic acids is 1. The van der Waals surface area contributed by atoms with E-state index in [0.717, 1.165) is 5.82 Å². The Hall–Kier alpha value is -1.82. The number of aromatic nitrogens is 2. The van der Waals surface area contributed by atoms with Crippen LogP contribution in [0.15, 0.2) is 30.6 Å². The number of carbonyl (C=O) groups is 1. The van der Waals surface area contributed by atoms with Crippen molar-refractivity contribution in [2.45, 2.75) is 13.5 Å². The first-order valence-corrected chi connectivity index (χ1v) is 6.59. The number of Topliss-reactive ketones (excluding diaryl/α,β-unsaturated/α-hetero) is 1. The molecule has 3 rings (SSSR count). The second-order valence-electron chi connectivity index (χ2n) is 4.87. The number of aryl methyl sites for hydroxylation is 1. The van der Waals surface area contributed by atoms with E-state index in [0.29, 0.717) is 36.8 Å². The Morgan fingerprint density at radius 1 is 1.29 bits per heavy atom. The van der Waals surface area contributed by atoms with Gasteiger partial charge >= 0.3 is 0 Å². The van der Waals surface area contributed by atoms with Crippen molar-refractivity contribution in [1.82, 2.24) is 4.57 Å². The van der Waals surface area contributed by atoms with Gasteiger partial charge in [-0.3, -0.25) is 4.79 Å². The van der Waals surface area contributed by atoms with Gasteiger partial charge in [-0.25, -0.2) is 9.13 Å². The van der Waals surface area contributed by atoms with Gasteiger partial charge in [0.1, 0.15) is 25.6 Å². The summed E-state index contributed by atoms with van der Waals surface area (Å²) in [4.78, 5) is 12.3. The van der Waals surface area contributed by atoms with Crippen molar-refractivity contribution in [3.63, 3.8) is 0 Å². The number of halogens is 1. The molecule has 2 aromatic rings. The molecule has 1 aromatic carbocycles. The van der Waals surface area contributed by atoms with Gasteiger partial charge in [0.15, 0.2) is 18.0 Å². The third kappa shape index (κ3) is 3.10. The van der Waals surface area contributed by atoms with Gasteiger partial charge in [-0.1, -0.05) is 0 Å². The molecule has 1 aromatic heterocycles. The number of benzene rings is 1. The summed E-state index contributed by atoms with van der Waals surface area (Å²) in [5.41, 5.74) is 0.644. The van der Waals surface area contributed by atoms with Gasteiger partial charge < -0.3 is 26.5 Å². The first-order chi connectivity index (χ1) is 9.65. The van der Waals surface area contributed by atoms with Crippen molar-refractivity contribution in [2.75, 3.05) is 13.2 Å². The van der Waals surface area contributed by atoms with Crippen LogP contribution in [-0.2, 0) is 13.6 Å². The van der Waals surface area contributed by atoms with Crippen LogP contribution >= 0.6 is 0 Å². The van der Waals surface area contributed by atoms with Crippen LogP contribution in [0.25, 0.3) is 0 Å². The predicted molar refractivity (Wildman–Crippen MR) is 72.1 cm³/mol. The number of hydrogen-bond donors (Lipinski definition) is 0.